The molecule has 1 aromatic heterocycles. The topological polar surface area (TPSA) is 103 Å². The number of nitrogens with one attached hydrogen (secondary N) is 1. The Labute approximate surface area is 121 Å². The van der Waals surface area contributed by atoms with Crippen molar-refractivity contribution in [1.82, 2.24) is 4.98 Å². The van der Waals surface area contributed by atoms with Crippen LogP contribution in [0.3, 0.4) is 0 Å². The molecule has 0 radical (unpaired) electrons. The molecule has 0 saturated heterocycles. The number of pyridine rings is 1. The summed E-state index contributed by atoms with van der Waals surface area (Å²) >= 11 is 0. The number of benzene rings is 1. The number of nitrogens with two attached hydrogens (primary N) is 1. The highest BCUT2D eigenvalue weighted by Crippen LogP contribution is 2.28. The van der Waals surface area contributed by atoms with Crippen molar-refractivity contribution in [3.63, 3.8) is 0 Å². The van der Waals surface area contributed by atoms with Crippen molar-refractivity contribution in [2.24, 2.45) is 5.84 Å². The molecule has 0 aliphatic rings. The lowest BCUT2D eigenvalue weighted by Gasteiger charge is -2.10. The Kier molecular flexibility index (Phi) is 4.34. The molecule has 0 bridgehead atoms. The first-order valence-corrected chi connectivity index (χ1v) is 6.31. The maximum atomic E-state index is 10.9. The number of aromatic nitrogens is 1. The van der Waals surface area contributed by atoms with E-state index in [1.807, 2.05) is 6.07 Å². The molecule has 1 aromatic carbocycles. The average Bonchev–Trinajstić information content (AvgIpc) is 2.48. The number of nitro groups is 1. The summed E-state index contributed by atoms with van der Waals surface area (Å²) in [6.07, 6.45) is 1.66. The first kappa shape index (κ1) is 14.7. The van der Waals surface area contributed by atoms with E-state index in [-0.39, 0.29) is 5.69 Å². The van der Waals surface area contributed by atoms with Crippen LogP contribution in [-0.4, -0.2) is 9.91 Å². The standard InChI is InChI=1S/C14H16N4O3/c1-9-6-13(10(2)5-12(9)18(19)20)21-8-11-3-4-14(17-15)16-7-11/h3-7H,8,15H2,1-2H3,(H,16,17). The third-order valence-electron chi connectivity index (χ3n) is 3.06. The fraction of sp³-hybridized carbons (Fsp3) is 0.214. The van der Waals surface area contributed by atoms with Crippen molar-refractivity contribution in [1.29, 1.82) is 0 Å². The summed E-state index contributed by atoms with van der Waals surface area (Å²) in [4.78, 5) is 14.6. The number of rotatable bonds is 5. The highest BCUT2D eigenvalue weighted by atomic mass is 16.6. The molecule has 2 aromatic rings. The zero-order valence-corrected chi connectivity index (χ0v) is 11.8. The van der Waals surface area contributed by atoms with E-state index in [1.54, 1.807) is 32.2 Å². The van der Waals surface area contributed by atoms with Gasteiger partial charge in [-0.15, -0.1) is 0 Å². The largest absolute Gasteiger partial charge is 0.489 e. The van der Waals surface area contributed by atoms with E-state index >= 15 is 0 Å². The van der Waals surface area contributed by atoms with Crippen molar-refractivity contribution >= 4 is 11.5 Å². The average molecular weight is 288 g/mol. The van der Waals surface area contributed by atoms with Gasteiger partial charge in [-0.3, -0.25) is 10.1 Å². The van der Waals surface area contributed by atoms with Crippen LogP contribution in [0.1, 0.15) is 16.7 Å². The molecular weight excluding hydrogens is 272 g/mol. The zero-order chi connectivity index (χ0) is 15.4. The number of hydrogen-bond donors (Lipinski definition) is 2. The summed E-state index contributed by atoms with van der Waals surface area (Å²) in [6, 6.07) is 6.78. The highest BCUT2D eigenvalue weighted by Gasteiger charge is 2.14. The minimum atomic E-state index is -0.394. The van der Waals surface area contributed by atoms with Gasteiger partial charge >= 0.3 is 0 Å². The van der Waals surface area contributed by atoms with Crippen LogP contribution < -0.4 is 16.0 Å². The molecule has 0 aliphatic heterocycles. The fourth-order valence-corrected chi connectivity index (χ4v) is 1.88. The van der Waals surface area contributed by atoms with Crippen molar-refractivity contribution < 1.29 is 9.66 Å². The van der Waals surface area contributed by atoms with E-state index in [1.165, 1.54) is 6.07 Å². The molecule has 0 aliphatic carbocycles. The van der Waals surface area contributed by atoms with Gasteiger partial charge in [0.05, 0.1) is 4.92 Å². The quantitative estimate of drug-likeness (QED) is 0.497. The molecule has 7 heteroatoms. The third-order valence-corrected chi connectivity index (χ3v) is 3.06. The molecule has 2 rings (SSSR count). The number of anilines is 1. The van der Waals surface area contributed by atoms with Crippen LogP contribution in [-0.2, 0) is 6.61 Å². The lowest BCUT2D eigenvalue weighted by molar-refractivity contribution is -0.385. The van der Waals surface area contributed by atoms with Gasteiger partial charge in [-0.2, -0.15) is 0 Å². The van der Waals surface area contributed by atoms with E-state index in [4.69, 9.17) is 10.6 Å². The number of hydrazine groups is 1. The highest BCUT2D eigenvalue weighted by molar-refractivity contribution is 5.49. The molecule has 21 heavy (non-hydrogen) atoms. The Bertz CT molecular complexity index is 656. The summed E-state index contributed by atoms with van der Waals surface area (Å²) in [5.41, 5.74) is 4.72. The summed E-state index contributed by atoms with van der Waals surface area (Å²) < 4.78 is 5.70. The molecule has 0 saturated carbocycles. The maximum absolute atomic E-state index is 10.9. The Hall–Kier alpha value is -2.67. The van der Waals surface area contributed by atoms with Crippen LogP contribution in [0, 0.1) is 24.0 Å². The second-order valence-corrected chi connectivity index (χ2v) is 4.65. The molecular formula is C14H16N4O3. The van der Waals surface area contributed by atoms with Gasteiger partial charge in [0.15, 0.2) is 0 Å². The minimum Gasteiger partial charge on any atom is -0.489 e. The van der Waals surface area contributed by atoms with E-state index in [9.17, 15) is 10.1 Å². The van der Waals surface area contributed by atoms with Gasteiger partial charge in [0, 0.05) is 23.4 Å². The van der Waals surface area contributed by atoms with Gasteiger partial charge in [0.25, 0.3) is 5.69 Å². The smallest absolute Gasteiger partial charge is 0.272 e. The number of ether oxygens (including phenoxy) is 1. The molecule has 7 nitrogen and oxygen atoms in total. The van der Waals surface area contributed by atoms with Crippen molar-refractivity contribution in [2.45, 2.75) is 20.5 Å². The van der Waals surface area contributed by atoms with Crippen LogP contribution >= 0.6 is 0 Å². The molecule has 0 spiro atoms. The number of nitrogen functional groups attached to an aromatic ring is 1. The van der Waals surface area contributed by atoms with Gasteiger partial charge in [-0.1, -0.05) is 6.07 Å². The maximum Gasteiger partial charge on any atom is 0.272 e. The number of hydrogen-bond acceptors (Lipinski definition) is 6. The van der Waals surface area contributed by atoms with E-state index in [0.29, 0.717) is 23.7 Å². The van der Waals surface area contributed by atoms with Crippen molar-refractivity contribution in [2.75, 3.05) is 5.43 Å². The van der Waals surface area contributed by atoms with Crippen LogP contribution in [0.25, 0.3) is 0 Å². The number of aryl methyl sites for hydroxylation is 2. The van der Waals surface area contributed by atoms with Crippen molar-refractivity contribution in [3.05, 3.63) is 57.3 Å². The van der Waals surface area contributed by atoms with Crippen LogP contribution in [0.4, 0.5) is 11.5 Å². The Balaban J connectivity index is 2.12. The van der Waals surface area contributed by atoms with Crippen LogP contribution in [0.5, 0.6) is 5.75 Å². The molecule has 110 valence electrons. The van der Waals surface area contributed by atoms with E-state index in [2.05, 4.69) is 10.4 Å². The van der Waals surface area contributed by atoms with Gasteiger partial charge in [0.1, 0.15) is 18.2 Å². The lowest BCUT2D eigenvalue weighted by atomic mass is 10.1. The van der Waals surface area contributed by atoms with E-state index < -0.39 is 4.92 Å². The SMILES string of the molecule is Cc1cc([N+](=O)[O-])c(C)cc1OCc1ccc(NN)nc1. The number of nitro benzene ring substituents is 1. The summed E-state index contributed by atoms with van der Waals surface area (Å²) in [6.45, 7) is 3.80. The molecule has 0 unspecified atom stereocenters. The third kappa shape index (κ3) is 3.46. The minimum absolute atomic E-state index is 0.0971. The van der Waals surface area contributed by atoms with Crippen LogP contribution in [0.2, 0.25) is 0 Å². The Morgan fingerprint density at radius 3 is 2.67 bits per heavy atom. The molecule has 0 fully saturated rings. The Morgan fingerprint density at radius 1 is 1.33 bits per heavy atom. The number of nitrogens with zero attached hydrogens (tertiary/aromatic N) is 2. The first-order chi connectivity index (χ1) is 10.0. The fourth-order valence-electron chi connectivity index (χ4n) is 1.88. The summed E-state index contributed by atoms with van der Waals surface area (Å²) in [7, 11) is 0. The van der Waals surface area contributed by atoms with Gasteiger partial charge in [-0.25, -0.2) is 10.8 Å². The van der Waals surface area contributed by atoms with Crippen molar-refractivity contribution in [3.8, 4) is 5.75 Å². The zero-order valence-electron chi connectivity index (χ0n) is 11.8. The monoisotopic (exact) mass is 288 g/mol. The predicted octanol–water partition coefficient (Wildman–Crippen LogP) is 2.47. The van der Waals surface area contributed by atoms with E-state index in [0.717, 1.165) is 11.1 Å². The predicted molar refractivity (Wildman–Crippen MR) is 78.9 cm³/mol. The second-order valence-electron chi connectivity index (χ2n) is 4.65. The second kappa shape index (κ2) is 6.19. The van der Waals surface area contributed by atoms with Crippen LogP contribution in [0.15, 0.2) is 30.5 Å². The normalized spacial score (nSPS) is 10.2. The lowest BCUT2D eigenvalue weighted by Crippen LogP contribution is -2.08. The van der Waals surface area contributed by atoms with Gasteiger partial charge in [-0.05, 0) is 31.5 Å². The molecule has 0 amide bonds. The van der Waals surface area contributed by atoms with Gasteiger partial charge in [0.2, 0.25) is 0 Å². The first-order valence-electron chi connectivity index (χ1n) is 6.31. The molecule has 1 heterocycles. The molecule has 0 atom stereocenters. The Morgan fingerprint density at radius 2 is 2.10 bits per heavy atom. The summed E-state index contributed by atoms with van der Waals surface area (Å²) in [5, 5.41) is 10.9. The summed E-state index contributed by atoms with van der Waals surface area (Å²) in [5.74, 6) is 6.44. The molecule has 3 N–H and O–H groups in total. The van der Waals surface area contributed by atoms with Gasteiger partial charge < -0.3 is 10.2 Å².